The highest BCUT2D eigenvalue weighted by molar-refractivity contribution is 9.10. The smallest absolute Gasteiger partial charge is 0.445 e. The van der Waals surface area contributed by atoms with E-state index in [0.29, 0.717) is 53.8 Å². The van der Waals surface area contributed by atoms with Gasteiger partial charge in [0.05, 0.1) is 17.8 Å². The molecular formula is C12H12BrF3N6OS. The molecular weight excluding hydrogens is 413 g/mol. The van der Waals surface area contributed by atoms with E-state index in [1.807, 2.05) is 4.90 Å². The molecule has 24 heavy (non-hydrogen) atoms. The quantitative estimate of drug-likeness (QED) is 0.749. The summed E-state index contributed by atoms with van der Waals surface area (Å²) in [5.74, 6) is 0.948. The van der Waals surface area contributed by atoms with Crippen molar-refractivity contribution >= 4 is 38.3 Å². The minimum absolute atomic E-state index is 0.274. The average molecular weight is 425 g/mol. The molecule has 0 radical (unpaired) electrons. The normalized spacial score (nSPS) is 15.7. The summed E-state index contributed by atoms with van der Waals surface area (Å²) in [7, 11) is 1.52. The van der Waals surface area contributed by atoms with E-state index in [-0.39, 0.29) is 5.13 Å². The van der Waals surface area contributed by atoms with Gasteiger partial charge in [0.15, 0.2) is 0 Å². The Morgan fingerprint density at radius 1 is 1.17 bits per heavy atom. The fraction of sp³-hybridized carbons (Fsp3) is 0.500. The second kappa shape index (κ2) is 6.67. The van der Waals surface area contributed by atoms with Crippen molar-refractivity contribution in [2.45, 2.75) is 6.18 Å². The number of rotatable bonds is 3. The van der Waals surface area contributed by atoms with Gasteiger partial charge in [-0.3, -0.25) is 0 Å². The molecule has 3 heterocycles. The Kier molecular flexibility index (Phi) is 4.76. The molecule has 0 spiro atoms. The number of hydrogen-bond acceptors (Lipinski definition) is 8. The zero-order valence-electron chi connectivity index (χ0n) is 12.4. The van der Waals surface area contributed by atoms with E-state index in [2.05, 4.69) is 36.1 Å². The molecule has 0 aliphatic carbocycles. The Labute approximate surface area is 147 Å². The number of methoxy groups -OCH3 is 1. The van der Waals surface area contributed by atoms with Crippen LogP contribution in [-0.4, -0.2) is 53.5 Å². The molecule has 2 aromatic heterocycles. The third kappa shape index (κ3) is 3.53. The zero-order chi connectivity index (χ0) is 17.3. The third-order valence-corrected chi connectivity index (χ3v) is 4.96. The maximum absolute atomic E-state index is 12.6. The van der Waals surface area contributed by atoms with Crippen molar-refractivity contribution in [1.82, 2.24) is 20.2 Å². The van der Waals surface area contributed by atoms with Crippen LogP contribution < -0.4 is 14.5 Å². The third-order valence-electron chi connectivity index (χ3n) is 3.38. The second-order valence-corrected chi connectivity index (χ2v) is 6.70. The number of nitrogens with zero attached hydrogens (tertiary/aromatic N) is 6. The van der Waals surface area contributed by atoms with Gasteiger partial charge in [-0.25, -0.2) is 4.98 Å². The van der Waals surface area contributed by atoms with E-state index in [9.17, 15) is 13.2 Å². The van der Waals surface area contributed by atoms with Gasteiger partial charge in [0, 0.05) is 26.2 Å². The average Bonchev–Trinajstić information content (AvgIpc) is 3.06. The fourth-order valence-corrected chi connectivity index (χ4v) is 3.31. The molecule has 0 saturated carbocycles. The number of piperazine rings is 1. The van der Waals surface area contributed by atoms with Crippen molar-refractivity contribution in [3.8, 4) is 5.88 Å². The molecule has 0 atom stereocenters. The lowest BCUT2D eigenvalue weighted by Gasteiger charge is -2.34. The molecule has 3 rings (SSSR count). The van der Waals surface area contributed by atoms with Crippen molar-refractivity contribution in [1.29, 1.82) is 0 Å². The Bertz CT molecular complexity index is 719. The van der Waals surface area contributed by atoms with Crippen LogP contribution in [-0.2, 0) is 6.18 Å². The van der Waals surface area contributed by atoms with E-state index in [1.54, 1.807) is 11.1 Å². The predicted octanol–water partition coefficient (Wildman–Crippen LogP) is 2.44. The van der Waals surface area contributed by atoms with Gasteiger partial charge in [0.1, 0.15) is 0 Å². The maximum atomic E-state index is 12.6. The Balaban J connectivity index is 1.66. The lowest BCUT2D eigenvalue weighted by molar-refractivity contribution is -0.138. The van der Waals surface area contributed by atoms with Crippen LogP contribution in [0.15, 0.2) is 10.7 Å². The van der Waals surface area contributed by atoms with Gasteiger partial charge in [-0.2, -0.15) is 18.2 Å². The van der Waals surface area contributed by atoms with Crippen molar-refractivity contribution in [3.05, 3.63) is 15.7 Å². The first kappa shape index (κ1) is 17.1. The van der Waals surface area contributed by atoms with Crippen LogP contribution in [0.1, 0.15) is 5.01 Å². The van der Waals surface area contributed by atoms with Gasteiger partial charge in [-0.1, -0.05) is 11.3 Å². The minimum Gasteiger partial charge on any atom is -0.480 e. The van der Waals surface area contributed by atoms with Gasteiger partial charge in [-0.05, 0) is 15.9 Å². The molecule has 1 aliphatic rings. The monoisotopic (exact) mass is 424 g/mol. The summed E-state index contributed by atoms with van der Waals surface area (Å²) in [5, 5.41) is 6.20. The Hall–Kier alpha value is -1.69. The summed E-state index contributed by atoms with van der Waals surface area (Å²) >= 11 is 3.84. The van der Waals surface area contributed by atoms with Gasteiger partial charge >= 0.3 is 6.18 Å². The van der Waals surface area contributed by atoms with Crippen molar-refractivity contribution < 1.29 is 17.9 Å². The molecule has 130 valence electrons. The minimum atomic E-state index is -4.46. The second-order valence-electron chi connectivity index (χ2n) is 4.89. The summed E-state index contributed by atoms with van der Waals surface area (Å²) in [5.41, 5.74) is 0. The van der Waals surface area contributed by atoms with Gasteiger partial charge in [0.2, 0.25) is 22.0 Å². The van der Waals surface area contributed by atoms with Crippen LogP contribution in [0.3, 0.4) is 0 Å². The summed E-state index contributed by atoms with van der Waals surface area (Å²) in [4.78, 5) is 12.3. The summed E-state index contributed by atoms with van der Waals surface area (Å²) < 4.78 is 43.6. The van der Waals surface area contributed by atoms with E-state index >= 15 is 0 Å². The first-order chi connectivity index (χ1) is 11.4. The highest BCUT2D eigenvalue weighted by Gasteiger charge is 2.36. The SMILES string of the molecule is COc1nc(N2CCN(c3nnc(C(F)(F)F)s3)CC2)ncc1Br. The van der Waals surface area contributed by atoms with Crippen LogP contribution >= 0.6 is 27.3 Å². The molecule has 0 unspecified atom stereocenters. The molecule has 1 aliphatic heterocycles. The molecule has 0 aromatic carbocycles. The molecule has 2 aromatic rings. The molecule has 0 N–H and O–H groups in total. The van der Waals surface area contributed by atoms with E-state index < -0.39 is 11.2 Å². The van der Waals surface area contributed by atoms with E-state index in [0.717, 1.165) is 0 Å². The fourth-order valence-electron chi connectivity index (χ4n) is 2.19. The van der Waals surface area contributed by atoms with Crippen molar-refractivity contribution in [2.24, 2.45) is 0 Å². The standard InChI is InChI=1S/C12H12BrF3N6OS/c1-23-8-7(13)6-17-10(18-8)21-2-4-22(5-3-21)11-20-19-9(24-11)12(14,15)16/h6H,2-5H2,1H3. The topological polar surface area (TPSA) is 67.3 Å². The van der Waals surface area contributed by atoms with Crippen molar-refractivity contribution in [3.63, 3.8) is 0 Å². The molecule has 12 heteroatoms. The molecule has 0 amide bonds. The maximum Gasteiger partial charge on any atom is 0.445 e. The number of aromatic nitrogens is 4. The molecule has 7 nitrogen and oxygen atoms in total. The number of halogens is 4. The highest BCUT2D eigenvalue weighted by atomic mass is 79.9. The number of anilines is 2. The summed E-state index contributed by atoms with van der Waals surface area (Å²) in [6.07, 6.45) is -2.85. The Morgan fingerprint density at radius 2 is 1.83 bits per heavy atom. The van der Waals surface area contributed by atoms with E-state index in [1.165, 1.54) is 7.11 Å². The summed E-state index contributed by atoms with van der Waals surface area (Å²) in [6.45, 7) is 2.14. The molecule has 0 bridgehead atoms. The lowest BCUT2D eigenvalue weighted by Crippen LogP contribution is -2.47. The number of hydrogen-bond donors (Lipinski definition) is 0. The zero-order valence-corrected chi connectivity index (χ0v) is 14.8. The number of ether oxygens (including phenoxy) is 1. The molecule has 1 saturated heterocycles. The summed E-state index contributed by atoms with van der Waals surface area (Å²) in [6, 6.07) is 0. The van der Waals surface area contributed by atoms with Gasteiger partial charge < -0.3 is 14.5 Å². The van der Waals surface area contributed by atoms with Crippen LogP contribution in [0.25, 0.3) is 0 Å². The predicted molar refractivity (Wildman–Crippen MR) is 85.6 cm³/mol. The van der Waals surface area contributed by atoms with Crippen LogP contribution in [0, 0.1) is 0 Å². The van der Waals surface area contributed by atoms with Crippen LogP contribution in [0.4, 0.5) is 24.3 Å². The highest BCUT2D eigenvalue weighted by Crippen LogP contribution is 2.34. The number of alkyl halides is 3. The first-order valence-electron chi connectivity index (χ1n) is 6.85. The first-order valence-corrected chi connectivity index (χ1v) is 8.46. The van der Waals surface area contributed by atoms with Crippen LogP contribution in [0.2, 0.25) is 0 Å². The van der Waals surface area contributed by atoms with Gasteiger partial charge in [-0.15, -0.1) is 10.2 Å². The van der Waals surface area contributed by atoms with Gasteiger partial charge in [0.25, 0.3) is 0 Å². The van der Waals surface area contributed by atoms with E-state index in [4.69, 9.17) is 4.74 Å². The van der Waals surface area contributed by atoms with Crippen molar-refractivity contribution in [2.75, 3.05) is 43.1 Å². The molecule has 1 fully saturated rings. The largest absolute Gasteiger partial charge is 0.480 e. The lowest BCUT2D eigenvalue weighted by atomic mass is 10.3. The Morgan fingerprint density at radius 3 is 2.42 bits per heavy atom. The van der Waals surface area contributed by atoms with Crippen LogP contribution in [0.5, 0.6) is 5.88 Å².